The summed E-state index contributed by atoms with van der Waals surface area (Å²) in [6, 6.07) is 0. The molecule has 0 aliphatic heterocycles. The summed E-state index contributed by atoms with van der Waals surface area (Å²) in [4.78, 5) is 23.2. The maximum absolute atomic E-state index is 11.6. The van der Waals surface area contributed by atoms with E-state index >= 15 is 0 Å². The Balaban J connectivity index is 0. The summed E-state index contributed by atoms with van der Waals surface area (Å²) in [5, 5.41) is 19.0. The zero-order chi connectivity index (χ0) is 17.6. The standard InChI is InChI=1S/C19H36O4.Mg.2H/c1-3-5-7-9-11-13-15-19(17(20)21,18(22)23)16-14-12-10-8-6-4-2;;;/h3-16H2,1-2H3,(H,20,21)(H,22,23);;;. The van der Waals surface area contributed by atoms with Gasteiger partial charge in [0, 0.05) is 0 Å². The van der Waals surface area contributed by atoms with Crippen molar-refractivity contribution in [3.05, 3.63) is 0 Å². The lowest BCUT2D eigenvalue weighted by molar-refractivity contribution is -0.166. The molecule has 0 aromatic rings. The predicted octanol–water partition coefficient (Wildman–Crippen LogP) is 4.73. The van der Waals surface area contributed by atoms with Gasteiger partial charge in [0.2, 0.25) is 0 Å². The van der Waals surface area contributed by atoms with Crippen molar-refractivity contribution in [3.63, 3.8) is 0 Å². The molecule has 0 rings (SSSR count). The lowest BCUT2D eigenvalue weighted by Gasteiger charge is -2.25. The molecule has 0 heterocycles. The maximum atomic E-state index is 11.6. The SMILES string of the molecule is CCCCCCCCC(CCCCCCCC)(C(=O)O)C(=O)O.[MgH2]. The fourth-order valence-electron chi connectivity index (χ4n) is 3.06. The summed E-state index contributed by atoms with van der Waals surface area (Å²) in [7, 11) is 0. The second-order valence-corrected chi connectivity index (χ2v) is 6.73. The highest BCUT2D eigenvalue weighted by molar-refractivity contribution is 5.98. The van der Waals surface area contributed by atoms with E-state index in [4.69, 9.17) is 0 Å². The van der Waals surface area contributed by atoms with Crippen LogP contribution in [0.3, 0.4) is 0 Å². The molecule has 0 amide bonds. The quantitative estimate of drug-likeness (QED) is 0.239. The van der Waals surface area contributed by atoms with Gasteiger partial charge in [0.15, 0.2) is 5.41 Å². The van der Waals surface area contributed by atoms with Crippen LogP contribution in [0, 0.1) is 5.41 Å². The van der Waals surface area contributed by atoms with Crippen LogP contribution in [0.1, 0.15) is 104 Å². The molecule has 4 nitrogen and oxygen atoms in total. The van der Waals surface area contributed by atoms with Crippen molar-refractivity contribution in [2.24, 2.45) is 5.41 Å². The highest BCUT2D eigenvalue weighted by Gasteiger charge is 2.45. The average Bonchev–Trinajstić information content (AvgIpc) is 2.51. The summed E-state index contributed by atoms with van der Waals surface area (Å²) in [5.74, 6) is -2.32. The van der Waals surface area contributed by atoms with Gasteiger partial charge in [0.1, 0.15) is 0 Å². The van der Waals surface area contributed by atoms with Crippen molar-refractivity contribution < 1.29 is 19.8 Å². The van der Waals surface area contributed by atoms with Gasteiger partial charge in [-0.25, -0.2) is 0 Å². The number of aliphatic carboxylic acids is 2. The molecule has 0 atom stereocenters. The maximum Gasteiger partial charge on any atom is 0.321 e. The minimum atomic E-state index is -1.57. The van der Waals surface area contributed by atoms with Crippen molar-refractivity contribution in [2.75, 3.05) is 0 Å². The highest BCUT2D eigenvalue weighted by Crippen LogP contribution is 2.33. The van der Waals surface area contributed by atoms with Gasteiger partial charge in [0.05, 0.1) is 0 Å². The zero-order valence-corrected chi connectivity index (χ0v) is 15.1. The summed E-state index contributed by atoms with van der Waals surface area (Å²) < 4.78 is 0. The van der Waals surface area contributed by atoms with E-state index in [0.717, 1.165) is 38.5 Å². The third-order valence-electron chi connectivity index (χ3n) is 4.73. The molecule has 0 bridgehead atoms. The molecular weight excluding hydrogens is 317 g/mol. The van der Waals surface area contributed by atoms with E-state index in [9.17, 15) is 19.8 Å². The predicted molar refractivity (Wildman–Crippen MR) is 102 cm³/mol. The molecule has 0 unspecified atom stereocenters. The first-order chi connectivity index (χ1) is 11.0. The number of hydrogen-bond donors (Lipinski definition) is 2. The smallest absolute Gasteiger partial charge is 0.321 e. The van der Waals surface area contributed by atoms with Crippen LogP contribution in [0.4, 0.5) is 0 Å². The lowest BCUT2D eigenvalue weighted by atomic mass is 9.78. The molecule has 0 aliphatic rings. The minimum absolute atomic E-state index is 0. The third-order valence-corrected chi connectivity index (χ3v) is 4.73. The summed E-state index contributed by atoms with van der Waals surface area (Å²) in [6.45, 7) is 4.31. The molecule has 0 aliphatic carbocycles. The molecule has 2 N–H and O–H groups in total. The van der Waals surface area contributed by atoms with Crippen LogP contribution in [0.25, 0.3) is 0 Å². The lowest BCUT2D eigenvalue weighted by Crippen LogP contribution is -2.39. The van der Waals surface area contributed by atoms with Crippen LogP contribution in [0.15, 0.2) is 0 Å². The van der Waals surface area contributed by atoms with Crippen molar-refractivity contribution in [1.82, 2.24) is 0 Å². The number of unbranched alkanes of at least 4 members (excludes halogenated alkanes) is 10. The van der Waals surface area contributed by atoms with Crippen LogP contribution in [-0.4, -0.2) is 45.2 Å². The molecule has 24 heavy (non-hydrogen) atoms. The van der Waals surface area contributed by atoms with Crippen LogP contribution >= 0.6 is 0 Å². The van der Waals surface area contributed by atoms with E-state index in [1.165, 1.54) is 25.7 Å². The van der Waals surface area contributed by atoms with E-state index in [0.29, 0.717) is 12.8 Å². The van der Waals surface area contributed by atoms with Crippen molar-refractivity contribution >= 4 is 35.0 Å². The summed E-state index contributed by atoms with van der Waals surface area (Å²) >= 11 is 0. The van der Waals surface area contributed by atoms with Crippen molar-refractivity contribution in [1.29, 1.82) is 0 Å². The molecule has 0 saturated carbocycles. The first-order valence-electron chi connectivity index (χ1n) is 9.48. The number of carboxylic acids is 2. The van der Waals surface area contributed by atoms with Gasteiger partial charge in [-0.05, 0) is 12.8 Å². The Bertz CT molecular complexity index is 299. The van der Waals surface area contributed by atoms with E-state index in [1.807, 2.05) is 0 Å². The second-order valence-electron chi connectivity index (χ2n) is 6.73. The van der Waals surface area contributed by atoms with Crippen LogP contribution in [-0.2, 0) is 9.59 Å². The normalized spacial score (nSPS) is 11.1. The number of carboxylic acid groups (broad SMARTS) is 2. The first-order valence-corrected chi connectivity index (χ1v) is 9.48. The van der Waals surface area contributed by atoms with E-state index in [2.05, 4.69) is 13.8 Å². The second kappa shape index (κ2) is 16.2. The molecule has 0 saturated heterocycles. The average molecular weight is 355 g/mol. The molecule has 5 heteroatoms. The Morgan fingerprint density at radius 2 is 0.917 bits per heavy atom. The van der Waals surface area contributed by atoms with E-state index < -0.39 is 17.4 Å². The molecule has 0 radical (unpaired) electrons. The number of hydrogen-bond acceptors (Lipinski definition) is 2. The Morgan fingerprint density at radius 3 is 1.21 bits per heavy atom. The largest absolute Gasteiger partial charge is 0.480 e. The van der Waals surface area contributed by atoms with Crippen molar-refractivity contribution in [3.8, 4) is 0 Å². The zero-order valence-electron chi connectivity index (χ0n) is 15.1. The van der Waals surface area contributed by atoms with Crippen molar-refractivity contribution in [2.45, 2.75) is 104 Å². The molecule has 140 valence electrons. The number of rotatable bonds is 16. The summed E-state index contributed by atoms with van der Waals surface area (Å²) in [6.07, 6.45) is 13.0. The molecule has 0 aromatic heterocycles. The first kappa shape index (κ1) is 25.9. The molecule has 0 fully saturated rings. The minimum Gasteiger partial charge on any atom is -0.480 e. The van der Waals surface area contributed by atoms with Gasteiger partial charge in [-0.2, -0.15) is 0 Å². The van der Waals surface area contributed by atoms with Crippen LogP contribution in [0.2, 0.25) is 0 Å². The fraction of sp³-hybridized carbons (Fsp3) is 0.895. The molecular formula is C19H38MgO4. The fourth-order valence-corrected chi connectivity index (χ4v) is 3.06. The van der Waals surface area contributed by atoms with Gasteiger partial charge in [-0.3, -0.25) is 9.59 Å². The highest BCUT2D eigenvalue weighted by atomic mass is 24.3. The van der Waals surface area contributed by atoms with Gasteiger partial charge < -0.3 is 10.2 Å². The Hall–Kier alpha value is -0.294. The van der Waals surface area contributed by atoms with Gasteiger partial charge in [-0.1, -0.05) is 90.9 Å². The topological polar surface area (TPSA) is 74.6 Å². The summed E-state index contributed by atoms with van der Waals surface area (Å²) in [5.41, 5.74) is -1.57. The Labute approximate surface area is 163 Å². The van der Waals surface area contributed by atoms with Gasteiger partial charge >= 0.3 is 35.0 Å². The van der Waals surface area contributed by atoms with E-state index in [1.54, 1.807) is 0 Å². The number of carbonyl (C=O) groups is 2. The molecule has 0 aromatic carbocycles. The van der Waals surface area contributed by atoms with Crippen LogP contribution in [0.5, 0.6) is 0 Å². The van der Waals surface area contributed by atoms with E-state index in [-0.39, 0.29) is 35.9 Å². The Kier molecular flexibility index (Phi) is 17.5. The van der Waals surface area contributed by atoms with Gasteiger partial charge in [0.25, 0.3) is 0 Å². The monoisotopic (exact) mass is 354 g/mol. The Morgan fingerprint density at radius 1 is 0.625 bits per heavy atom. The third kappa shape index (κ3) is 10.5. The molecule has 0 spiro atoms. The van der Waals surface area contributed by atoms with Crippen LogP contribution < -0.4 is 0 Å². The van der Waals surface area contributed by atoms with Gasteiger partial charge in [-0.15, -0.1) is 0 Å².